The number of rotatable bonds is 3. The molecular formula is C23H24N6O3. The number of phenols is 1. The molecule has 1 amide bonds. The second-order valence-corrected chi connectivity index (χ2v) is 8.88. The number of hydrogen-bond donors (Lipinski definition) is 2. The minimum absolute atomic E-state index is 0.0634. The van der Waals surface area contributed by atoms with Gasteiger partial charge in [-0.2, -0.15) is 5.10 Å². The normalized spacial score (nSPS) is 24.6. The molecular weight excluding hydrogens is 408 g/mol. The Labute approximate surface area is 185 Å². The van der Waals surface area contributed by atoms with Crippen LogP contribution in [0.3, 0.4) is 0 Å². The van der Waals surface area contributed by atoms with E-state index in [9.17, 15) is 9.90 Å². The van der Waals surface area contributed by atoms with Gasteiger partial charge in [0.2, 0.25) is 5.91 Å². The number of aromatic nitrogens is 4. The van der Waals surface area contributed by atoms with Gasteiger partial charge in [-0.1, -0.05) is 6.07 Å². The van der Waals surface area contributed by atoms with E-state index in [1.807, 2.05) is 36.3 Å². The number of carbonyl (C=O) groups is 1. The summed E-state index contributed by atoms with van der Waals surface area (Å²) < 4.78 is 7.36. The van der Waals surface area contributed by atoms with Crippen molar-refractivity contribution in [2.24, 2.45) is 7.05 Å². The van der Waals surface area contributed by atoms with Crippen molar-refractivity contribution in [1.29, 1.82) is 0 Å². The molecule has 2 N–H and O–H groups in total. The van der Waals surface area contributed by atoms with Gasteiger partial charge >= 0.3 is 0 Å². The SMILES string of the molecule is Cn1cc(-c2ccc(-c3cc4c(nn3)N(C3CC5COC[C@@H](C3)N5)C(=O)C4)c(O)c2)cn1. The molecule has 0 spiro atoms. The number of hydrogen-bond acceptors (Lipinski definition) is 7. The highest BCUT2D eigenvalue weighted by molar-refractivity contribution is 6.01. The Morgan fingerprint density at radius 2 is 1.94 bits per heavy atom. The molecule has 1 aromatic carbocycles. The number of nitrogens with zero attached hydrogens (tertiary/aromatic N) is 5. The lowest BCUT2D eigenvalue weighted by atomic mass is 9.91. The predicted octanol–water partition coefficient (Wildman–Crippen LogP) is 1.66. The number of amides is 1. The number of aromatic hydroxyl groups is 1. The lowest BCUT2D eigenvalue weighted by Gasteiger charge is -2.42. The van der Waals surface area contributed by atoms with Gasteiger partial charge in [0.25, 0.3) is 0 Å². The first-order valence-electron chi connectivity index (χ1n) is 10.9. The van der Waals surface area contributed by atoms with Crippen molar-refractivity contribution in [2.45, 2.75) is 37.4 Å². The number of benzene rings is 1. The van der Waals surface area contributed by atoms with Crippen LogP contribution in [0.5, 0.6) is 5.75 Å². The van der Waals surface area contributed by atoms with Crippen LogP contribution in [0.15, 0.2) is 36.7 Å². The molecule has 0 aliphatic carbocycles. The monoisotopic (exact) mass is 432 g/mol. The van der Waals surface area contributed by atoms with E-state index in [1.165, 1.54) is 0 Å². The van der Waals surface area contributed by atoms with Gasteiger partial charge in [-0.3, -0.25) is 14.4 Å². The van der Waals surface area contributed by atoms with Crippen molar-refractivity contribution in [2.75, 3.05) is 18.1 Å². The van der Waals surface area contributed by atoms with Gasteiger partial charge in [0.1, 0.15) is 5.75 Å². The first-order valence-corrected chi connectivity index (χ1v) is 10.9. The first-order chi connectivity index (χ1) is 15.5. The molecule has 3 aliphatic heterocycles. The van der Waals surface area contributed by atoms with E-state index in [-0.39, 0.29) is 29.8 Å². The molecule has 2 fully saturated rings. The summed E-state index contributed by atoms with van der Waals surface area (Å²) in [6, 6.07) is 7.98. The summed E-state index contributed by atoms with van der Waals surface area (Å²) in [4.78, 5) is 14.8. The Kier molecular flexibility index (Phi) is 4.48. The summed E-state index contributed by atoms with van der Waals surface area (Å²) in [5.41, 5.74) is 3.80. The quantitative estimate of drug-likeness (QED) is 0.648. The van der Waals surface area contributed by atoms with Crippen LogP contribution in [0.4, 0.5) is 5.82 Å². The number of nitrogens with one attached hydrogen (secondary N) is 1. The van der Waals surface area contributed by atoms with Crippen molar-refractivity contribution in [3.63, 3.8) is 0 Å². The van der Waals surface area contributed by atoms with Crippen molar-refractivity contribution in [3.8, 4) is 28.1 Å². The predicted molar refractivity (Wildman–Crippen MR) is 117 cm³/mol. The van der Waals surface area contributed by atoms with E-state index in [1.54, 1.807) is 16.9 Å². The Bertz CT molecular complexity index is 1200. The van der Waals surface area contributed by atoms with Crippen molar-refractivity contribution in [3.05, 3.63) is 42.2 Å². The molecule has 2 bridgehead atoms. The fourth-order valence-corrected chi connectivity index (χ4v) is 5.15. The standard InChI is InChI=1S/C23H24N6O3/c1-28-10-15(9-24-28)13-2-3-19(21(30)5-13)20-4-14-6-22(31)29(23(14)27-26-20)18-7-16-11-32-12-17(8-18)25-16/h2-5,9-10,16-18,25,30H,6-8,11-12H2,1H3/t16-,17?,18?/m1/s1. The highest BCUT2D eigenvalue weighted by atomic mass is 16.5. The Hall–Kier alpha value is -3.30. The summed E-state index contributed by atoms with van der Waals surface area (Å²) in [6.07, 6.45) is 5.65. The largest absolute Gasteiger partial charge is 0.507 e. The van der Waals surface area contributed by atoms with E-state index in [0.717, 1.165) is 29.5 Å². The van der Waals surface area contributed by atoms with Crippen LogP contribution in [-0.2, 0) is 23.0 Å². The molecule has 164 valence electrons. The van der Waals surface area contributed by atoms with Gasteiger partial charge in [-0.25, -0.2) is 0 Å². The highest BCUT2D eigenvalue weighted by Gasteiger charge is 2.41. The maximum absolute atomic E-state index is 12.9. The number of anilines is 1. The Morgan fingerprint density at radius 1 is 1.12 bits per heavy atom. The number of aryl methyl sites for hydroxylation is 1. The van der Waals surface area contributed by atoms with Gasteiger partial charge < -0.3 is 15.2 Å². The van der Waals surface area contributed by atoms with Crippen LogP contribution in [0.1, 0.15) is 18.4 Å². The van der Waals surface area contributed by atoms with Crippen LogP contribution in [0.2, 0.25) is 0 Å². The third-order valence-corrected chi connectivity index (χ3v) is 6.59. The summed E-state index contributed by atoms with van der Waals surface area (Å²) in [5, 5.41) is 27.2. The fourth-order valence-electron chi connectivity index (χ4n) is 5.15. The van der Waals surface area contributed by atoms with Crippen LogP contribution in [0, 0.1) is 0 Å². The average Bonchev–Trinajstić information content (AvgIpc) is 3.35. The van der Waals surface area contributed by atoms with Crippen LogP contribution >= 0.6 is 0 Å². The molecule has 6 rings (SSSR count). The Balaban J connectivity index is 1.29. The van der Waals surface area contributed by atoms with Crippen molar-refractivity contribution >= 4 is 11.7 Å². The molecule has 0 radical (unpaired) electrons. The molecule has 0 saturated carbocycles. The number of carbonyl (C=O) groups excluding carboxylic acids is 1. The molecule has 2 saturated heterocycles. The molecule has 3 aromatic rings. The molecule has 3 aliphatic rings. The van der Waals surface area contributed by atoms with E-state index in [4.69, 9.17) is 4.74 Å². The Morgan fingerprint density at radius 3 is 2.66 bits per heavy atom. The molecule has 2 unspecified atom stereocenters. The second kappa shape index (κ2) is 7.39. The number of piperidine rings is 1. The van der Waals surface area contributed by atoms with Crippen LogP contribution in [-0.4, -0.2) is 62.3 Å². The van der Waals surface area contributed by atoms with Gasteiger partial charge in [-0.05, 0) is 36.6 Å². The van der Waals surface area contributed by atoms with E-state index < -0.39 is 0 Å². The third kappa shape index (κ3) is 3.25. The van der Waals surface area contributed by atoms with Gasteiger partial charge in [0, 0.05) is 48.1 Å². The second-order valence-electron chi connectivity index (χ2n) is 8.88. The molecule has 9 heteroatoms. The minimum Gasteiger partial charge on any atom is -0.507 e. The number of phenolic OH excluding ortho intramolecular Hbond substituents is 1. The topological polar surface area (TPSA) is 105 Å². The molecule has 32 heavy (non-hydrogen) atoms. The number of ether oxygens (including phenoxy) is 1. The number of morpholine rings is 1. The molecule has 9 nitrogen and oxygen atoms in total. The van der Waals surface area contributed by atoms with Gasteiger partial charge in [0.15, 0.2) is 5.82 Å². The summed E-state index contributed by atoms with van der Waals surface area (Å²) >= 11 is 0. The first kappa shape index (κ1) is 19.4. The summed E-state index contributed by atoms with van der Waals surface area (Å²) in [5.74, 6) is 0.831. The molecule has 2 aromatic heterocycles. The fraction of sp³-hybridized carbons (Fsp3) is 0.391. The lowest BCUT2D eigenvalue weighted by molar-refractivity contribution is -0.118. The van der Waals surface area contributed by atoms with Gasteiger partial charge in [0.05, 0.1) is 31.5 Å². The smallest absolute Gasteiger partial charge is 0.233 e. The van der Waals surface area contributed by atoms with Gasteiger partial charge in [-0.15, -0.1) is 10.2 Å². The van der Waals surface area contributed by atoms with Crippen molar-refractivity contribution in [1.82, 2.24) is 25.3 Å². The summed E-state index contributed by atoms with van der Waals surface area (Å²) in [7, 11) is 1.85. The molecule has 5 heterocycles. The van der Waals surface area contributed by atoms with E-state index in [2.05, 4.69) is 20.6 Å². The maximum Gasteiger partial charge on any atom is 0.233 e. The van der Waals surface area contributed by atoms with Crippen molar-refractivity contribution < 1.29 is 14.6 Å². The summed E-state index contributed by atoms with van der Waals surface area (Å²) in [6.45, 7) is 1.36. The lowest BCUT2D eigenvalue weighted by Crippen LogP contribution is -2.59. The number of fused-ring (bicyclic) bond motifs is 3. The maximum atomic E-state index is 12.9. The van der Waals surface area contributed by atoms with Crippen LogP contribution < -0.4 is 10.2 Å². The van der Waals surface area contributed by atoms with E-state index >= 15 is 0 Å². The van der Waals surface area contributed by atoms with Crippen LogP contribution in [0.25, 0.3) is 22.4 Å². The van der Waals surface area contributed by atoms with E-state index in [0.29, 0.717) is 36.7 Å². The zero-order valence-electron chi connectivity index (χ0n) is 17.7. The third-order valence-electron chi connectivity index (χ3n) is 6.59. The average molecular weight is 432 g/mol. The minimum atomic E-state index is 0.0634. The zero-order chi connectivity index (χ0) is 21.8. The molecule has 3 atom stereocenters. The highest BCUT2D eigenvalue weighted by Crippen LogP contribution is 2.37. The zero-order valence-corrected chi connectivity index (χ0v) is 17.7.